The molecule has 1 saturated heterocycles. The molecule has 0 radical (unpaired) electrons. The van der Waals surface area contributed by atoms with Crippen LogP contribution in [0.4, 0.5) is 10.6 Å². The molecular formula is C30H32N6O5. The molecule has 2 N–H and O–H groups in total. The zero-order chi connectivity index (χ0) is 28.3. The number of imidazole rings is 1. The fraction of sp³-hybridized carbons (Fsp3) is 0.367. The van der Waals surface area contributed by atoms with Crippen molar-refractivity contribution in [2.45, 2.75) is 43.9 Å². The molecule has 4 aromatic rings. The lowest BCUT2D eigenvalue weighted by Gasteiger charge is -2.19. The zero-order valence-corrected chi connectivity index (χ0v) is 22.8. The molecule has 0 bridgehead atoms. The quantitative estimate of drug-likeness (QED) is 0.315. The van der Waals surface area contributed by atoms with E-state index < -0.39 is 6.09 Å². The minimum absolute atomic E-state index is 0.00459. The maximum absolute atomic E-state index is 12.7. The molecule has 212 valence electrons. The lowest BCUT2D eigenvalue weighted by molar-refractivity contribution is -0.116. The molecule has 1 aliphatic heterocycles. The number of carbonyl (C=O) groups is 2. The second-order valence-electron chi connectivity index (χ2n) is 10.4. The number of ether oxygens (including phenoxy) is 2. The molecule has 11 heteroatoms. The molecule has 11 nitrogen and oxygen atoms in total. The van der Waals surface area contributed by atoms with Gasteiger partial charge in [-0.3, -0.25) is 9.36 Å². The van der Waals surface area contributed by atoms with E-state index in [1.165, 1.54) is 22.4 Å². The summed E-state index contributed by atoms with van der Waals surface area (Å²) in [5.74, 6) is 0.0772. The molecule has 6 rings (SSSR count). The van der Waals surface area contributed by atoms with Gasteiger partial charge in [0, 0.05) is 25.9 Å². The first-order valence-corrected chi connectivity index (χ1v) is 13.8. The number of aliphatic hydroxyl groups is 1. The number of benzene rings is 2. The summed E-state index contributed by atoms with van der Waals surface area (Å²) in [6, 6.07) is 16.4. The first-order valence-electron chi connectivity index (χ1n) is 13.8. The topological polar surface area (TPSA) is 132 Å². The van der Waals surface area contributed by atoms with Crippen LogP contribution in [0, 0.1) is 0 Å². The van der Waals surface area contributed by atoms with Crippen LogP contribution in [-0.4, -0.2) is 74.4 Å². The normalized spacial score (nSPS) is 17.8. The fourth-order valence-electron chi connectivity index (χ4n) is 5.65. The van der Waals surface area contributed by atoms with Gasteiger partial charge in [-0.05, 0) is 41.5 Å². The molecule has 1 aliphatic carbocycles. The SMILES string of the molecule is CN(CCCC(=O)Nc1ncnc2c1ncn2[C@H]1CC[C@@H](CO)O1)C(=O)OCC1c2ccccc2-c2ccccc21. The summed E-state index contributed by atoms with van der Waals surface area (Å²) in [4.78, 5) is 39.8. The lowest BCUT2D eigenvalue weighted by Crippen LogP contribution is -2.30. The number of nitrogens with zero attached hydrogens (tertiary/aromatic N) is 5. The van der Waals surface area contributed by atoms with E-state index in [9.17, 15) is 14.7 Å². The Morgan fingerprint density at radius 2 is 1.80 bits per heavy atom. The van der Waals surface area contributed by atoms with Crippen LogP contribution in [0.5, 0.6) is 0 Å². The van der Waals surface area contributed by atoms with Gasteiger partial charge < -0.3 is 24.8 Å². The fourth-order valence-corrected chi connectivity index (χ4v) is 5.65. The molecule has 0 saturated carbocycles. The Bertz CT molecular complexity index is 1530. The van der Waals surface area contributed by atoms with Gasteiger partial charge in [0.25, 0.3) is 0 Å². The third kappa shape index (κ3) is 5.38. The van der Waals surface area contributed by atoms with Crippen molar-refractivity contribution in [2.24, 2.45) is 0 Å². The van der Waals surface area contributed by atoms with Gasteiger partial charge in [-0.15, -0.1) is 0 Å². The molecule has 41 heavy (non-hydrogen) atoms. The number of hydrogen-bond donors (Lipinski definition) is 2. The third-order valence-electron chi connectivity index (χ3n) is 7.76. The number of carbonyl (C=O) groups excluding carboxylic acids is 2. The van der Waals surface area contributed by atoms with Crippen LogP contribution in [0.15, 0.2) is 61.2 Å². The average Bonchev–Trinajstić information content (AvgIpc) is 3.72. The average molecular weight is 557 g/mol. The van der Waals surface area contributed by atoms with Gasteiger partial charge >= 0.3 is 6.09 Å². The highest BCUT2D eigenvalue weighted by Crippen LogP contribution is 2.44. The maximum atomic E-state index is 12.7. The van der Waals surface area contributed by atoms with Crippen molar-refractivity contribution in [1.82, 2.24) is 24.4 Å². The summed E-state index contributed by atoms with van der Waals surface area (Å²) in [7, 11) is 1.67. The molecule has 3 heterocycles. The largest absolute Gasteiger partial charge is 0.448 e. The molecule has 2 aromatic carbocycles. The molecular weight excluding hydrogens is 524 g/mol. The van der Waals surface area contributed by atoms with E-state index in [-0.39, 0.29) is 43.8 Å². The Morgan fingerprint density at radius 1 is 1.07 bits per heavy atom. The number of rotatable bonds is 9. The highest BCUT2D eigenvalue weighted by Gasteiger charge is 2.30. The van der Waals surface area contributed by atoms with Crippen LogP contribution < -0.4 is 5.32 Å². The first kappa shape index (κ1) is 26.9. The van der Waals surface area contributed by atoms with E-state index in [1.807, 2.05) is 24.3 Å². The second kappa shape index (κ2) is 11.6. The summed E-state index contributed by atoms with van der Waals surface area (Å²) in [5, 5.41) is 12.2. The lowest BCUT2D eigenvalue weighted by atomic mass is 9.98. The van der Waals surface area contributed by atoms with E-state index >= 15 is 0 Å². The van der Waals surface area contributed by atoms with E-state index in [4.69, 9.17) is 9.47 Å². The number of nitrogens with one attached hydrogen (secondary N) is 1. The monoisotopic (exact) mass is 556 g/mol. The van der Waals surface area contributed by atoms with Crippen LogP contribution in [0.2, 0.25) is 0 Å². The summed E-state index contributed by atoms with van der Waals surface area (Å²) in [6.07, 6.45) is 4.22. The van der Waals surface area contributed by atoms with Gasteiger partial charge in [-0.25, -0.2) is 19.7 Å². The van der Waals surface area contributed by atoms with E-state index in [0.717, 1.165) is 24.0 Å². The molecule has 2 atom stereocenters. The molecule has 2 aliphatic rings. The van der Waals surface area contributed by atoms with E-state index in [1.54, 1.807) is 17.9 Å². The van der Waals surface area contributed by atoms with Crippen molar-refractivity contribution in [2.75, 3.05) is 32.1 Å². The van der Waals surface area contributed by atoms with Gasteiger partial charge in [0.1, 0.15) is 19.2 Å². The minimum Gasteiger partial charge on any atom is -0.448 e. The number of anilines is 1. The van der Waals surface area contributed by atoms with Crippen molar-refractivity contribution < 1.29 is 24.2 Å². The predicted molar refractivity (Wildman–Crippen MR) is 151 cm³/mol. The van der Waals surface area contributed by atoms with Gasteiger partial charge in [-0.1, -0.05) is 48.5 Å². The Balaban J connectivity index is 0.997. The summed E-state index contributed by atoms with van der Waals surface area (Å²) < 4.78 is 13.3. The predicted octanol–water partition coefficient (Wildman–Crippen LogP) is 4.10. The van der Waals surface area contributed by atoms with Crippen LogP contribution in [0.3, 0.4) is 0 Å². The first-order chi connectivity index (χ1) is 20.0. The van der Waals surface area contributed by atoms with Crippen molar-refractivity contribution in [3.05, 3.63) is 72.3 Å². The Kier molecular flexibility index (Phi) is 7.62. The number of amides is 2. The van der Waals surface area contributed by atoms with E-state index in [0.29, 0.717) is 29.9 Å². The van der Waals surface area contributed by atoms with Crippen LogP contribution in [0.25, 0.3) is 22.3 Å². The zero-order valence-electron chi connectivity index (χ0n) is 22.8. The number of aliphatic hydroxyl groups excluding tert-OH is 1. The van der Waals surface area contributed by atoms with Gasteiger partial charge in [0.2, 0.25) is 5.91 Å². The molecule has 0 spiro atoms. The van der Waals surface area contributed by atoms with Crippen molar-refractivity contribution in [1.29, 1.82) is 0 Å². The molecule has 1 fully saturated rings. The highest BCUT2D eigenvalue weighted by atomic mass is 16.6. The van der Waals surface area contributed by atoms with Gasteiger partial charge in [-0.2, -0.15) is 0 Å². The van der Waals surface area contributed by atoms with Gasteiger partial charge in [0.05, 0.1) is 19.0 Å². The standard InChI is InChI=1S/C30H32N6O5/c1-35(30(39)40-16-24-22-9-4-2-7-20(22)21-8-3-5-10-23(21)24)14-6-11-25(38)34-28-27-29(32-17-31-28)36(18-33-27)26-13-12-19(15-37)41-26/h2-5,7-10,17-19,24,26,37H,6,11-16H2,1H3,(H,31,32,34,38)/t19-,26+/m0/s1. The van der Waals surface area contributed by atoms with Crippen LogP contribution in [0.1, 0.15) is 49.0 Å². The summed E-state index contributed by atoms with van der Waals surface area (Å²) in [6.45, 7) is 0.583. The smallest absolute Gasteiger partial charge is 0.409 e. The molecule has 2 aromatic heterocycles. The highest BCUT2D eigenvalue weighted by molar-refractivity contribution is 5.96. The minimum atomic E-state index is -0.423. The van der Waals surface area contributed by atoms with Crippen LogP contribution >= 0.6 is 0 Å². The Labute approximate surface area is 237 Å². The van der Waals surface area contributed by atoms with E-state index in [2.05, 4.69) is 44.5 Å². The number of fused-ring (bicyclic) bond motifs is 4. The van der Waals surface area contributed by atoms with Crippen molar-refractivity contribution in [3.8, 4) is 11.1 Å². The Morgan fingerprint density at radius 3 is 2.51 bits per heavy atom. The van der Waals surface area contributed by atoms with Crippen molar-refractivity contribution in [3.63, 3.8) is 0 Å². The van der Waals surface area contributed by atoms with Crippen LogP contribution in [-0.2, 0) is 14.3 Å². The Hall–Kier alpha value is -4.35. The number of hydrogen-bond acceptors (Lipinski definition) is 8. The van der Waals surface area contributed by atoms with Crippen molar-refractivity contribution >= 4 is 29.0 Å². The molecule has 0 unspecified atom stereocenters. The molecule has 2 amide bonds. The maximum Gasteiger partial charge on any atom is 0.409 e. The third-order valence-corrected chi connectivity index (χ3v) is 7.76. The summed E-state index contributed by atoms with van der Waals surface area (Å²) in [5.41, 5.74) is 5.70. The number of aromatic nitrogens is 4. The second-order valence-corrected chi connectivity index (χ2v) is 10.4. The summed E-state index contributed by atoms with van der Waals surface area (Å²) >= 11 is 0. The van der Waals surface area contributed by atoms with Gasteiger partial charge in [0.15, 0.2) is 17.0 Å².